The van der Waals surface area contributed by atoms with E-state index in [1.54, 1.807) is 4.90 Å². The third-order valence-electron chi connectivity index (χ3n) is 7.14. The number of rotatable bonds is 6. The number of hydrogen-bond donors (Lipinski definition) is 1. The largest absolute Gasteiger partial charge is 0.354 e. The lowest BCUT2D eigenvalue weighted by molar-refractivity contribution is -0.125. The number of hydrogen-bond acceptors (Lipinski definition) is 2. The van der Waals surface area contributed by atoms with Crippen LogP contribution in [0.1, 0.15) is 45.7 Å². The Balaban J connectivity index is 1.47. The lowest BCUT2D eigenvalue weighted by atomic mass is 9.95. The first-order chi connectivity index (χ1) is 16.9. The fourth-order valence-corrected chi connectivity index (χ4v) is 5.31. The van der Waals surface area contributed by atoms with Gasteiger partial charge in [-0.05, 0) is 55.7 Å². The average molecular weight is 486 g/mol. The van der Waals surface area contributed by atoms with Gasteiger partial charge in [-0.25, -0.2) is 0 Å². The number of carbonyl (C=O) groups is 2. The topological polar surface area (TPSA) is 54.3 Å². The smallest absolute Gasteiger partial charge is 0.255 e. The molecule has 0 bridgehead atoms. The standard InChI is InChI=1S/C29H28ClN3O2/c1-18-26(24-10-6-7-11-25(24)32(18)3)27-22-8-4-5-9-23(22)29(35)33(27)19(2)28(34)31-17-16-20-12-14-21(30)15-13-20/h4-15,19,27H,16-17H2,1-3H3,(H,31,34). The zero-order valence-corrected chi connectivity index (χ0v) is 20.8. The highest BCUT2D eigenvalue weighted by Crippen LogP contribution is 2.44. The van der Waals surface area contributed by atoms with E-state index < -0.39 is 6.04 Å². The number of nitrogens with one attached hydrogen (secondary N) is 1. The highest BCUT2D eigenvalue weighted by Gasteiger charge is 2.43. The van der Waals surface area contributed by atoms with Gasteiger partial charge < -0.3 is 14.8 Å². The van der Waals surface area contributed by atoms with Crippen LogP contribution < -0.4 is 5.32 Å². The van der Waals surface area contributed by atoms with Crippen LogP contribution in [0.3, 0.4) is 0 Å². The number of aromatic nitrogens is 1. The summed E-state index contributed by atoms with van der Waals surface area (Å²) in [4.78, 5) is 28.7. The van der Waals surface area contributed by atoms with Crippen LogP contribution in [0.15, 0.2) is 72.8 Å². The summed E-state index contributed by atoms with van der Waals surface area (Å²) in [5.74, 6) is -0.277. The SMILES string of the molecule is Cc1c(C2c3ccccc3C(=O)N2C(C)C(=O)NCCc2ccc(Cl)cc2)c2ccccc2n1C. The molecule has 0 radical (unpaired) electrons. The van der Waals surface area contributed by atoms with E-state index in [1.807, 2.05) is 74.6 Å². The molecule has 1 aromatic heterocycles. The molecule has 6 heteroatoms. The Bertz CT molecular complexity index is 1420. The molecule has 0 saturated heterocycles. The number of benzene rings is 3. The molecule has 1 aliphatic heterocycles. The zero-order chi connectivity index (χ0) is 24.7. The third kappa shape index (κ3) is 4.00. The van der Waals surface area contributed by atoms with E-state index >= 15 is 0 Å². The van der Waals surface area contributed by atoms with Crippen molar-refractivity contribution in [3.63, 3.8) is 0 Å². The molecule has 5 nitrogen and oxygen atoms in total. The molecule has 1 N–H and O–H groups in total. The van der Waals surface area contributed by atoms with Crippen molar-refractivity contribution in [2.24, 2.45) is 7.05 Å². The van der Waals surface area contributed by atoms with Gasteiger partial charge in [0.1, 0.15) is 6.04 Å². The molecule has 0 spiro atoms. The van der Waals surface area contributed by atoms with Crippen LogP contribution in [0.25, 0.3) is 10.9 Å². The van der Waals surface area contributed by atoms with Crippen molar-refractivity contribution in [3.05, 3.63) is 106 Å². The molecule has 2 heterocycles. The highest BCUT2D eigenvalue weighted by molar-refractivity contribution is 6.30. The maximum absolute atomic E-state index is 13.6. The number of para-hydroxylation sites is 1. The summed E-state index contributed by atoms with van der Waals surface area (Å²) in [6, 6.07) is 22.6. The molecule has 4 aromatic rings. The fraction of sp³-hybridized carbons (Fsp3) is 0.241. The van der Waals surface area contributed by atoms with Gasteiger partial charge in [0.05, 0.1) is 6.04 Å². The molecular formula is C29H28ClN3O2. The van der Waals surface area contributed by atoms with Crippen LogP contribution in [-0.2, 0) is 18.3 Å². The molecular weight excluding hydrogens is 458 g/mol. The van der Waals surface area contributed by atoms with Gasteiger partial charge in [-0.3, -0.25) is 9.59 Å². The van der Waals surface area contributed by atoms with E-state index in [2.05, 4.69) is 28.9 Å². The Morgan fingerprint density at radius 2 is 1.71 bits per heavy atom. The maximum Gasteiger partial charge on any atom is 0.255 e. The lowest BCUT2D eigenvalue weighted by Crippen LogP contribution is -2.47. The van der Waals surface area contributed by atoms with Gasteiger partial charge in [0.25, 0.3) is 5.91 Å². The minimum Gasteiger partial charge on any atom is -0.354 e. The monoisotopic (exact) mass is 485 g/mol. The Morgan fingerprint density at radius 1 is 1.03 bits per heavy atom. The molecule has 0 saturated carbocycles. The summed E-state index contributed by atoms with van der Waals surface area (Å²) >= 11 is 5.97. The van der Waals surface area contributed by atoms with Crippen LogP contribution in [0.2, 0.25) is 5.02 Å². The number of halogens is 1. The van der Waals surface area contributed by atoms with Crippen LogP contribution >= 0.6 is 11.6 Å². The van der Waals surface area contributed by atoms with E-state index in [0.717, 1.165) is 33.3 Å². The molecule has 3 aromatic carbocycles. The summed E-state index contributed by atoms with van der Waals surface area (Å²) in [6.45, 7) is 4.38. The van der Waals surface area contributed by atoms with Gasteiger partial charge in [0.2, 0.25) is 5.91 Å². The molecule has 35 heavy (non-hydrogen) atoms. The molecule has 1 aliphatic rings. The van der Waals surface area contributed by atoms with E-state index in [1.165, 1.54) is 0 Å². The summed E-state index contributed by atoms with van der Waals surface area (Å²) in [7, 11) is 2.04. The number of amides is 2. The predicted molar refractivity (Wildman–Crippen MR) is 140 cm³/mol. The Hall–Kier alpha value is -3.57. The number of aryl methyl sites for hydroxylation is 1. The second-order valence-corrected chi connectivity index (χ2v) is 9.56. The van der Waals surface area contributed by atoms with E-state index in [-0.39, 0.29) is 17.9 Å². The van der Waals surface area contributed by atoms with Crippen LogP contribution in [0.4, 0.5) is 0 Å². The number of fused-ring (bicyclic) bond motifs is 2. The zero-order valence-electron chi connectivity index (χ0n) is 20.1. The molecule has 0 fully saturated rings. The van der Waals surface area contributed by atoms with E-state index in [4.69, 9.17) is 11.6 Å². The van der Waals surface area contributed by atoms with Crippen LogP contribution in [0, 0.1) is 6.92 Å². The fourth-order valence-electron chi connectivity index (χ4n) is 5.18. The van der Waals surface area contributed by atoms with Gasteiger partial charge in [0.15, 0.2) is 0 Å². The highest BCUT2D eigenvalue weighted by atomic mass is 35.5. The lowest BCUT2D eigenvalue weighted by Gasteiger charge is -2.31. The molecule has 2 atom stereocenters. The molecule has 5 rings (SSSR count). The van der Waals surface area contributed by atoms with Crippen molar-refractivity contribution >= 4 is 34.3 Å². The van der Waals surface area contributed by atoms with Crippen molar-refractivity contribution < 1.29 is 9.59 Å². The van der Waals surface area contributed by atoms with Crippen LogP contribution in [-0.4, -0.2) is 33.9 Å². The first-order valence-corrected chi connectivity index (χ1v) is 12.2. The maximum atomic E-state index is 13.6. The molecule has 2 unspecified atom stereocenters. The van der Waals surface area contributed by atoms with Crippen molar-refractivity contribution in [1.29, 1.82) is 0 Å². The first-order valence-electron chi connectivity index (χ1n) is 11.9. The van der Waals surface area contributed by atoms with Gasteiger partial charge >= 0.3 is 0 Å². The first kappa shape index (κ1) is 23.2. The summed E-state index contributed by atoms with van der Waals surface area (Å²) in [6.07, 6.45) is 0.690. The minimum absolute atomic E-state index is 0.113. The molecule has 178 valence electrons. The quantitative estimate of drug-likeness (QED) is 0.396. The Labute approximate surface area is 210 Å². The van der Waals surface area contributed by atoms with E-state index in [9.17, 15) is 9.59 Å². The summed E-state index contributed by atoms with van der Waals surface area (Å²) in [5.41, 5.74) is 5.96. The second-order valence-electron chi connectivity index (χ2n) is 9.12. The molecule has 2 amide bonds. The van der Waals surface area contributed by atoms with Gasteiger partial charge in [-0.1, -0.05) is 60.1 Å². The summed E-state index contributed by atoms with van der Waals surface area (Å²) in [5, 5.41) is 4.82. The van der Waals surface area contributed by atoms with Gasteiger partial charge in [-0.15, -0.1) is 0 Å². The normalized spacial score (nSPS) is 15.9. The summed E-state index contributed by atoms with van der Waals surface area (Å²) < 4.78 is 2.16. The average Bonchev–Trinajstić information content (AvgIpc) is 3.30. The van der Waals surface area contributed by atoms with Crippen molar-refractivity contribution in [2.45, 2.75) is 32.4 Å². The number of carbonyl (C=O) groups excluding carboxylic acids is 2. The van der Waals surface area contributed by atoms with Crippen LogP contribution in [0.5, 0.6) is 0 Å². The predicted octanol–water partition coefficient (Wildman–Crippen LogP) is 5.43. The Morgan fingerprint density at radius 3 is 2.49 bits per heavy atom. The van der Waals surface area contributed by atoms with Crippen molar-refractivity contribution in [3.8, 4) is 0 Å². The van der Waals surface area contributed by atoms with Gasteiger partial charge in [-0.2, -0.15) is 0 Å². The molecule has 0 aliphatic carbocycles. The van der Waals surface area contributed by atoms with Crippen molar-refractivity contribution in [2.75, 3.05) is 6.54 Å². The van der Waals surface area contributed by atoms with Crippen molar-refractivity contribution in [1.82, 2.24) is 14.8 Å². The van der Waals surface area contributed by atoms with Gasteiger partial charge in [0, 0.05) is 46.3 Å². The Kier molecular flexibility index (Phi) is 6.12. The van der Waals surface area contributed by atoms with E-state index in [0.29, 0.717) is 23.6 Å². The third-order valence-corrected chi connectivity index (χ3v) is 7.40. The number of nitrogens with zero attached hydrogens (tertiary/aromatic N) is 2. The second kappa shape index (κ2) is 9.23. The minimum atomic E-state index is -0.636.